The molecular weight excluding hydrogens is 244 g/mol. The highest BCUT2D eigenvalue weighted by Gasteiger charge is 2.27. The maximum Gasteiger partial charge on any atom is 0.00728 e. The van der Waals surface area contributed by atoms with E-state index in [2.05, 4.69) is 30.5 Å². The van der Waals surface area contributed by atoms with E-state index in [1.165, 1.54) is 44.9 Å². The van der Waals surface area contributed by atoms with E-state index in [4.69, 9.17) is 5.73 Å². The van der Waals surface area contributed by atoms with Crippen molar-refractivity contribution < 1.29 is 0 Å². The van der Waals surface area contributed by atoms with E-state index in [0.717, 1.165) is 31.3 Å². The van der Waals surface area contributed by atoms with Crippen molar-refractivity contribution in [3.63, 3.8) is 0 Å². The van der Waals surface area contributed by atoms with Gasteiger partial charge in [-0.1, -0.05) is 23.8 Å². The van der Waals surface area contributed by atoms with Gasteiger partial charge in [0.15, 0.2) is 0 Å². The van der Waals surface area contributed by atoms with Crippen molar-refractivity contribution in [3.8, 4) is 0 Å². The third-order valence-corrected chi connectivity index (χ3v) is 5.02. The second-order valence-corrected chi connectivity index (χ2v) is 6.56. The SMILES string of the molecule is CC(NCCCN)C1CC=CCC1CC1=CCCCC1. The van der Waals surface area contributed by atoms with Crippen LogP contribution in [-0.2, 0) is 0 Å². The van der Waals surface area contributed by atoms with Crippen molar-refractivity contribution >= 4 is 0 Å². The van der Waals surface area contributed by atoms with Gasteiger partial charge in [0.2, 0.25) is 0 Å². The summed E-state index contributed by atoms with van der Waals surface area (Å²) < 4.78 is 0. The molecule has 0 radical (unpaired) electrons. The van der Waals surface area contributed by atoms with Crippen LogP contribution in [0.3, 0.4) is 0 Å². The standard InChI is InChI=1S/C18H32N2/c1-15(20-13-7-12-19)18-11-6-5-10-17(18)14-16-8-3-2-4-9-16/h5-6,8,15,17-18,20H,2-4,7,9-14,19H2,1H3. The van der Waals surface area contributed by atoms with E-state index < -0.39 is 0 Å². The lowest BCUT2D eigenvalue weighted by Gasteiger charge is -2.35. The van der Waals surface area contributed by atoms with Crippen LogP contribution in [0.15, 0.2) is 23.8 Å². The molecule has 0 aromatic heterocycles. The van der Waals surface area contributed by atoms with E-state index in [9.17, 15) is 0 Å². The molecule has 3 N–H and O–H groups in total. The zero-order valence-electron chi connectivity index (χ0n) is 13.1. The Morgan fingerprint density at radius 2 is 2.15 bits per heavy atom. The lowest BCUT2D eigenvalue weighted by molar-refractivity contribution is 0.247. The third-order valence-electron chi connectivity index (χ3n) is 5.02. The quantitative estimate of drug-likeness (QED) is 0.548. The van der Waals surface area contributed by atoms with Crippen molar-refractivity contribution in [2.24, 2.45) is 17.6 Å². The van der Waals surface area contributed by atoms with Crippen LogP contribution in [0.4, 0.5) is 0 Å². The summed E-state index contributed by atoms with van der Waals surface area (Å²) in [5.74, 6) is 1.63. The van der Waals surface area contributed by atoms with Crippen LogP contribution < -0.4 is 11.1 Å². The van der Waals surface area contributed by atoms with Gasteiger partial charge in [0.25, 0.3) is 0 Å². The monoisotopic (exact) mass is 276 g/mol. The smallest absolute Gasteiger partial charge is 0.00728 e. The summed E-state index contributed by atoms with van der Waals surface area (Å²) >= 11 is 0. The number of nitrogens with two attached hydrogens (primary N) is 1. The molecule has 2 heteroatoms. The fourth-order valence-electron chi connectivity index (χ4n) is 3.75. The van der Waals surface area contributed by atoms with Gasteiger partial charge in [-0.2, -0.15) is 0 Å². The maximum absolute atomic E-state index is 5.59. The van der Waals surface area contributed by atoms with E-state index in [1.54, 1.807) is 5.57 Å². The average Bonchev–Trinajstić information content (AvgIpc) is 2.49. The highest BCUT2D eigenvalue weighted by molar-refractivity contribution is 5.09. The van der Waals surface area contributed by atoms with Crippen LogP contribution in [0.2, 0.25) is 0 Å². The minimum atomic E-state index is 0.612. The van der Waals surface area contributed by atoms with Crippen molar-refractivity contribution in [3.05, 3.63) is 23.8 Å². The first-order valence-corrected chi connectivity index (χ1v) is 8.57. The molecule has 2 aliphatic rings. The molecule has 0 spiro atoms. The Balaban J connectivity index is 1.87. The molecule has 2 nitrogen and oxygen atoms in total. The Morgan fingerprint density at radius 3 is 2.90 bits per heavy atom. The summed E-state index contributed by atoms with van der Waals surface area (Å²) in [4.78, 5) is 0. The van der Waals surface area contributed by atoms with Crippen molar-refractivity contribution in [1.29, 1.82) is 0 Å². The zero-order chi connectivity index (χ0) is 14.2. The summed E-state index contributed by atoms with van der Waals surface area (Å²) in [5, 5.41) is 3.69. The Hall–Kier alpha value is -0.600. The van der Waals surface area contributed by atoms with Crippen LogP contribution in [0, 0.1) is 11.8 Å². The highest BCUT2D eigenvalue weighted by Crippen LogP contribution is 2.35. The normalized spacial score (nSPS) is 28.2. The summed E-state index contributed by atoms with van der Waals surface area (Å²) in [6, 6.07) is 0.612. The Kier molecular flexibility index (Phi) is 6.81. The van der Waals surface area contributed by atoms with Crippen molar-refractivity contribution in [2.75, 3.05) is 13.1 Å². The van der Waals surface area contributed by atoms with Crippen LogP contribution >= 0.6 is 0 Å². The minimum absolute atomic E-state index is 0.612. The van der Waals surface area contributed by atoms with E-state index in [0.29, 0.717) is 6.04 Å². The molecule has 0 aromatic rings. The van der Waals surface area contributed by atoms with Crippen LogP contribution in [0.5, 0.6) is 0 Å². The lowest BCUT2D eigenvalue weighted by atomic mass is 9.74. The molecular formula is C18H32N2. The van der Waals surface area contributed by atoms with Crippen LogP contribution in [0.1, 0.15) is 58.3 Å². The fourth-order valence-corrected chi connectivity index (χ4v) is 3.75. The molecule has 0 amide bonds. The third kappa shape index (κ3) is 4.75. The lowest BCUT2D eigenvalue weighted by Crippen LogP contribution is -2.39. The number of hydrogen-bond acceptors (Lipinski definition) is 2. The molecule has 0 fully saturated rings. The summed E-state index contributed by atoms with van der Waals surface area (Å²) in [5.41, 5.74) is 7.32. The minimum Gasteiger partial charge on any atom is -0.330 e. The number of allylic oxidation sites excluding steroid dienone is 4. The summed E-state index contributed by atoms with van der Waals surface area (Å²) in [6.45, 7) is 4.22. The van der Waals surface area contributed by atoms with Gasteiger partial charge in [-0.3, -0.25) is 0 Å². The molecule has 20 heavy (non-hydrogen) atoms. The first-order valence-electron chi connectivity index (χ1n) is 8.57. The molecule has 3 atom stereocenters. The molecule has 2 rings (SSSR count). The number of hydrogen-bond donors (Lipinski definition) is 2. The molecule has 0 heterocycles. The fraction of sp³-hybridized carbons (Fsp3) is 0.778. The average molecular weight is 276 g/mol. The Morgan fingerprint density at radius 1 is 1.30 bits per heavy atom. The van der Waals surface area contributed by atoms with Crippen molar-refractivity contribution in [1.82, 2.24) is 5.32 Å². The van der Waals surface area contributed by atoms with Crippen LogP contribution in [0.25, 0.3) is 0 Å². The second kappa shape index (κ2) is 8.63. The molecule has 0 aromatic carbocycles. The van der Waals surface area contributed by atoms with E-state index in [1.807, 2.05) is 0 Å². The molecule has 0 saturated carbocycles. The Labute approximate surface area is 124 Å². The maximum atomic E-state index is 5.59. The molecule has 114 valence electrons. The highest BCUT2D eigenvalue weighted by atomic mass is 14.9. The molecule has 0 aliphatic heterocycles. The van der Waals surface area contributed by atoms with Gasteiger partial charge in [-0.15, -0.1) is 0 Å². The van der Waals surface area contributed by atoms with Gasteiger partial charge in [-0.25, -0.2) is 0 Å². The van der Waals surface area contributed by atoms with Gasteiger partial charge in [0.1, 0.15) is 0 Å². The molecule has 0 saturated heterocycles. The van der Waals surface area contributed by atoms with Gasteiger partial charge >= 0.3 is 0 Å². The zero-order valence-corrected chi connectivity index (χ0v) is 13.1. The molecule has 2 aliphatic carbocycles. The predicted octanol–water partition coefficient (Wildman–Crippen LogP) is 3.79. The second-order valence-electron chi connectivity index (χ2n) is 6.56. The van der Waals surface area contributed by atoms with Crippen LogP contribution in [-0.4, -0.2) is 19.1 Å². The largest absolute Gasteiger partial charge is 0.330 e. The first-order chi connectivity index (χ1) is 9.81. The summed E-state index contributed by atoms with van der Waals surface area (Å²) in [7, 11) is 0. The summed E-state index contributed by atoms with van der Waals surface area (Å²) in [6.07, 6.45) is 17.7. The first kappa shape index (κ1) is 15.8. The topological polar surface area (TPSA) is 38.0 Å². The number of nitrogens with one attached hydrogen (secondary N) is 1. The van der Waals surface area contributed by atoms with Crippen molar-refractivity contribution in [2.45, 2.75) is 64.3 Å². The molecule has 3 unspecified atom stereocenters. The molecule has 0 bridgehead atoms. The number of rotatable bonds is 7. The predicted molar refractivity (Wildman–Crippen MR) is 87.7 cm³/mol. The van der Waals surface area contributed by atoms with Gasteiger partial charge in [0, 0.05) is 6.04 Å². The van der Waals surface area contributed by atoms with E-state index >= 15 is 0 Å². The van der Waals surface area contributed by atoms with Gasteiger partial charge in [-0.05, 0) is 83.2 Å². The van der Waals surface area contributed by atoms with Gasteiger partial charge < -0.3 is 11.1 Å². The van der Waals surface area contributed by atoms with Gasteiger partial charge in [0.05, 0.1) is 0 Å². The Bertz CT molecular complexity index is 332. The van der Waals surface area contributed by atoms with E-state index in [-0.39, 0.29) is 0 Å².